The minimum Gasteiger partial charge on any atom is -0.426 e. The quantitative estimate of drug-likeness (QED) is 0.579. The van der Waals surface area contributed by atoms with Crippen LogP contribution in [-0.2, 0) is 9.53 Å². The number of quaternary nitrogens is 1. The van der Waals surface area contributed by atoms with Crippen LogP contribution >= 0.6 is 0 Å². The Kier molecular flexibility index (Phi) is 4.30. The lowest BCUT2D eigenvalue weighted by Gasteiger charge is -2.35. The summed E-state index contributed by atoms with van der Waals surface area (Å²) in [6.45, 7) is 8.89. The summed E-state index contributed by atoms with van der Waals surface area (Å²) in [6.07, 6.45) is 7.04. The average molecular weight is 266 g/mol. The highest BCUT2D eigenvalue weighted by Gasteiger charge is 2.31. The largest absolute Gasteiger partial charge is 0.426 e. The zero-order valence-electron chi connectivity index (χ0n) is 13.4. The summed E-state index contributed by atoms with van der Waals surface area (Å²) in [6, 6.07) is 0. The molecule has 0 aromatic heterocycles. The van der Waals surface area contributed by atoms with E-state index in [2.05, 4.69) is 34.1 Å². The fourth-order valence-corrected chi connectivity index (χ4v) is 2.29. The van der Waals surface area contributed by atoms with Crippen LogP contribution in [-0.4, -0.2) is 38.1 Å². The van der Waals surface area contributed by atoms with Crippen molar-refractivity contribution in [1.82, 2.24) is 0 Å². The Labute approximate surface area is 117 Å². The van der Waals surface area contributed by atoms with Crippen LogP contribution in [0.3, 0.4) is 0 Å². The number of hydrogen-bond acceptors (Lipinski definition) is 2. The molecule has 0 radical (unpaired) electrons. The second kappa shape index (κ2) is 5.12. The van der Waals surface area contributed by atoms with Gasteiger partial charge in [0, 0.05) is 5.41 Å². The number of nitrogens with zero attached hydrogens (tertiary/aromatic N) is 1. The topological polar surface area (TPSA) is 26.3 Å². The van der Waals surface area contributed by atoms with E-state index in [9.17, 15) is 4.79 Å². The van der Waals surface area contributed by atoms with E-state index in [0.717, 1.165) is 17.4 Å². The Morgan fingerprint density at radius 3 is 2.32 bits per heavy atom. The minimum atomic E-state index is -0.461. The fourth-order valence-electron chi connectivity index (χ4n) is 2.29. The molecule has 3 heteroatoms. The molecule has 1 rings (SSSR count). The summed E-state index contributed by atoms with van der Waals surface area (Å²) in [7, 11) is 6.58. The first-order valence-electron chi connectivity index (χ1n) is 6.83. The van der Waals surface area contributed by atoms with Gasteiger partial charge in [0.15, 0.2) is 0 Å². The third-order valence-electron chi connectivity index (χ3n) is 3.08. The first kappa shape index (κ1) is 16.0. The normalized spacial score (nSPS) is 24.1. The molecule has 3 nitrogen and oxygen atoms in total. The van der Waals surface area contributed by atoms with Gasteiger partial charge in [0.05, 0.1) is 33.1 Å². The number of esters is 1. The van der Waals surface area contributed by atoms with Gasteiger partial charge in [0.1, 0.15) is 5.76 Å². The molecule has 0 bridgehead atoms. The van der Waals surface area contributed by atoms with Gasteiger partial charge in [0.2, 0.25) is 0 Å². The van der Waals surface area contributed by atoms with Crippen molar-refractivity contribution in [3.8, 4) is 0 Å². The van der Waals surface area contributed by atoms with Crippen LogP contribution in [0, 0.1) is 10.8 Å². The minimum absolute atomic E-state index is 0.135. The van der Waals surface area contributed by atoms with E-state index >= 15 is 0 Å². The molecule has 0 spiro atoms. The monoisotopic (exact) mass is 266 g/mol. The summed E-state index contributed by atoms with van der Waals surface area (Å²) in [4.78, 5) is 11.8. The summed E-state index contributed by atoms with van der Waals surface area (Å²) in [5, 5.41) is 0. The molecule has 0 aromatic rings. The van der Waals surface area contributed by atoms with E-state index in [1.54, 1.807) is 0 Å². The maximum absolute atomic E-state index is 11.8. The predicted molar refractivity (Wildman–Crippen MR) is 78.4 cm³/mol. The van der Waals surface area contributed by atoms with Crippen LogP contribution in [0.4, 0.5) is 0 Å². The Morgan fingerprint density at radius 2 is 1.95 bits per heavy atom. The molecular formula is C16H28NO2+. The molecule has 0 heterocycles. The highest BCUT2D eigenvalue weighted by atomic mass is 16.5. The SMILES string of the molecule is CC1(C[N+](C)(C)C)C=CC(OC(=O)C(C)(C)C)=CC1. The Bertz CT molecular complexity index is 407. The lowest BCUT2D eigenvalue weighted by molar-refractivity contribution is -0.876. The second-order valence-electron chi connectivity index (χ2n) is 7.89. The fraction of sp³-hybridized carbons (Fsp3) is 0.688. The van der Waals surface area contributed by atoms with E-state index in [-0.39, 0.29) is 11.4 Å². The Balaban J connectivity index is 2.65. The molecule has 1 aliphatic carbocycles. The number of allylic oxidation sites excluding steroid dienone is 2. The first-order valence-corrected chi connectivity index (χ1v) is 6.83. The molecule has 1 aliphatic rings. The molecule has 0 saturated carbocycles. The van der Waals surface area contributed by atoms with E-state index in [0.29, 0.717) is 5.76 Å². The van der Waals surface area contributed by atoms with Crippen molar-refractivity contribution in [2.45, 2.75) is 34.1 Å². The van der Waals surface area contributed by atoms with E-state index in [4.69, 9.17) is 4.74 Å². The zero-order valence-corrected chi connectivity index (χ0v) is 13.4. The molecule has 0 fully saturated rings. The van der Waals surface area contributed by atoms with Crippen LogP contribution in [0.1, 0.15) is 34.1 Å². The molecule has 0 saturated heterocycles. The lowest BCUT2D eigenvalue weighted by atomic mass is 9.82. The highest BCUT2D eigenvalue weighted by molar-refractivity contribution is 5.76. The highest BCUT2D eigenvalue weighted by Crippen LogP contribution is 2.32. The number of hydrogen-bond donors (Lipinski definition) is 0. The zero-order chi connectivity index (χ0) is 14.9. The molecule has 1 atom stereocenters. The maximum Gasteiger partial charge on any atom is 0.316 e. The van der Waals surface area contributed by atoms with Gasteiger partial charge in [-0.1, -0.05) is 13.0 Å². The van der Waals surface area contributed by atoms with E-state index < -0.39 is 5.41 Å². The number of rotatable bonds is 3. The third kappa shape index (κ3) is 5.19. The maximum atomic E-state index is 11.8. The summed E-state index contributed by atoms with van der Waals surface area (Å²) in [5.41, 5.74) is -0.326. The van der Waals surface area contributed by atoms with Gasteiger partial charge in [-0.05, 0) is 39.3 Å². The summed E-state index contributed by atoms with van der Waals surface area (Å²) < 4.78 is 6.33. The Morgan fingerprint density at radius 1 is 1.37 bits per heavy atom. The van der Waals surface area contributed by atoms with Crippen LogP contribution in [0.25, 0.3) is 0 Å². The van der Waals surface area contributed by atoms with Gasteiger partial charge in [-0.15, -0.1) is 0 Å². The summed E-state index contributed by atoms with van der Waals surface area (Å²) >= 11 is 0. The molecule has 19 heavy (non-hydrogen) atoms. The van der Waals surface area contributed by atoms with Gasteiger partial charge in [-0.3, -0.25) is 4.79 Å². The van der Waals surface area contributed by atoms with Gasteiger partial charge in [-0.2, -0.15) is 0 Å². The molecule has 0 aromatic carbocycles. The molecule has 108 valence electrons. The van der Waals surface area contributed by atoms with Crippen LogP contribution < -0.4 is 0 Å². The molecule has 0 N–H and O–H groups in total. The van der Waals surface area contributed by atoms with E-state index in [1.165, 1.54) is 0 Å². The van der Waals surface area contributed by atoms with E-state index in [1.807, 2.05) is 32.9 Å². The molecule has 0 aliphatic heterocycles. The first-order chi connectivity index (χ1) is 8.41. The number of carbonyl (C=O) groups is 1. The Hall–Kier alpha value is -1.09. The molecule has 1 unspecified atom stereocenters. The smallest absolute Gasteiger partial charge is 0.316 e. The predicted octanol–water partition coefficient (Wildman–Crippen LogP) is 3.13. The van der Waals surface area contributed by atoms with Crippen LogP contribution in [0.15, 0.2) is 24.0 Å². The van der Waals surface area contributed by atoms with Gasteiger partial charge >= 0.3 is 5.97 Å². The summed E-state index contributed by atoms with van der Waals surface area (Å²) in [5.74, 6) is 0.498. The average Bonchev–Trinajstić information content (AvgIpc) is 2.17. The van der Waals surface area contributed by atoms with Gasteiger partial charge in [0.25, 0.3) is 0 Å². The lowest BCUT2D eigenvalue weighted by Crippen LogP contribution is -2.43. The second-order valence-corrected chi connectivity index (χ2v) is 7.89. The van der Waals surface area contributed by atoms with Crippen molar-refractivity contribution >= 4 is 5.97 Å². The van der Waals surface area contributed by atoms with Crippen molar-refractivity contribution < 1.29 is 14.0 Å². The van der Waals surface area contributed by atoms with Crippen molar-refractivity contribution in [3.05, 3.63) is 24.0 Å². The van der Waals surface area contributed by atoms with Crippen molar-refractivity contribution in [2.24, 2.45) is 10.8 Å². The third-order valence-corrected chi connectivity index (χ3v) is 3.08. The number of carbonyl (C=O) groups excluding carboxylic acids is 1. The van der Waals surface area contributed by atoms with Gasteiger partial charge in [-0.25, -0.2) is 0 Å². The van der Waals surface area contributed by atoms with Crippen molar-refractivity contribution in [1.29, 1.82) is 0 Å². The van der Waals surface area contributed by atoms with Crippen molar-refractivity contribution in [3.63, 3.8) is 0 Å². The van der Waals surface area contributed by atoms with Crippen LogP contribution in [0.2, 0.25) is 0 Å². The standard InChI is InChI=1S/C16H28NO2/c1-15(2,3)14(18)19-13-8-10-16(4,11-9-13)12-17(5,6)7/h8-10H,11-12H2,1-7H3/q+1. The molecular weight excluding hydrogens is 238 g/mol. The van der Waals surface area contributed by atoms with Gasteiger partial charge < -0.3 is 9.22 Å². The van der Waals surface area contributed by atoms with Crippen molar-refractivity contribution in [2.75, 3.05) is 27.7 Å². The number of ether oxygens (including phenoxy) is 1. The molecule has 0 amide bonds. The van der Waals surface area contributed by atoms with Crippen LogP contribution in [0.5, 0.6) is 0 Å².